The second kappa shape index (κ2) is 7.21. The van der Waals surface area contributed by atoms with Crippen LogP contribution in [0.25, 0.3) is 0 Å². The van der Waals surface area contributed by atoms with E-state index >= 15 is 0 Å². The van der Waals surface area contributed by atoms with E-state index in [1.807, 2.05) is 12.3 Å². The molecule has 5 rings (SSSR count). The molecule has 29 heavy (non-hydrogen) atoms. The van der Waals surface area contributed by atoms with E-state index in [-0.39, 0.29) is 17.4 Å². The van der Waals surface area contributed by atoms with Crippen LogP contribution in [0.5, 0.6) is 0 Å². The summed E-state index contributed by atoms with van der Waals surface area (Å²) in [6.07, 6.45) is 15.5. The molecule has 0 saturated heterocycles. The summed E-state index contributed by atoms with van der Waals surface area (Å²) in [7, 11) is 0. The summed E-state index contributed by atoms with van der Waals surface area (Å²) < 4.78 is 1.81. The topological polar surface area (TPSA) is 55.1 Å². The molecule has 0 spiro atoms. The number of Topliss-reactive ketones (excluding diaryl/α,β-unsaturated/α-hetero) is 1. The van der Waals surface area contributed by atoms with Crippen molar-refractivity contribution in [2.75, 3.05) is 0 Å². The van der Waals surface area contributed by atoms with Crippen LogP contribution in [0.15, 0.2) is 18.5 Å². The molecule has 4 fully saturated rings. The number of nitrogens with zero attached hydrogens (tertiary/aromatic N) is 2. The van der Waals surface area contributed by atoms with Gasteiger partial charge in [-0.3, -0.25) is 9.48 Å². The summed E-state index contributed by atoms with van der Waals surface area (Å²) in [5.74, 6) is 3.59. The van der Waals surface area contributed by atoms with Crippen molar-refractivity contribution >= 4 is 5.78 Å². The average molecular weight is 399 g/mol. The Kier molecular flexibility index (Phi) is 4.92. The van der Waals surface area contributed by atoms with Crippen molar-refractivity contribution in [3.8, 4) is 0 Å². The summed E-state index contributed by atoms with van der Waals surface area (Å²) in [4.78, 5) is 13.3. The van der Waals surface area contributed by atoms with Crippen LogP contribution in [0.2, 0.25) is 0 Å². The zero-order valence-corrected chi connectivity index (χ0v) is 18.2. The van der Waals surface area contributed by atoms with Gasteiger partial charge in [-0.05, 0) is 98.4 Å². The molecule has 4 heteroatoms. The van der Waals surface area contributed by atoms with E-state index in [1.54, 1.807) is 10.9 Å². The summed E-state index contributed by atoms with van der Waals surface area (Å²) in [5, 5.41) is 14.5. The van der Waals surface area contributed by atoms with Crippen molar-refractivity contribution in [3.05, 3.63) is 18.5 Å². The lowest BCUT2D eigenvalue weighted by molar-refractivity contribution is -0.160. The van der Waals surface area contributed by atoms with E-state index < -0.39 is 0 Å². The summed E-state index contributed by atoms with van der Waals surface area (Å²) in [6, 6.07) is 1.91. The first-order valence-corrected chi connectivity index (χ1v) is 12.1. The molecule has 4 aliphatic rings. The van der Waals surface area contributed by atoms with Crippen molar-refractivity contribution in [1.29, 1.82) is 0 Å². The predicted molar refractivity (Wildman–Crippen MR) is 113 cm³/mol. The Bertz CT molecular complexity index is 746. The molecule has 0 unspecified atom stereocenters. The molecule has 1 N–H and O–H groups in total. The fourth-order valence-electron chi connectivity index (χ4n) is 8.62. The minimum Gasteiger partial charge on any atom is -0.393 e. The summed E-state index contributed by atoms with van der Waals surface area (Å²) in [5.41, 5.74) is 0.580. The van der Waals surface area contributed by atoms with Crippen molar-refractivity contribution in [1.82, 2.24) is 9.78 Å². The fourth-order valence-corrected chi connectivity index (χ4v) is 8.62. The van der Waals surface area contributed by atoms with Gasteiger partial charge in [0.2, 0.25) is 0 Å². The number of fused-ring (bicyclic) bond motifs is 5. The van der Waals surface area contributed by atoms with Gasteiger partial charge < -0.3 is 5.11 Å². The van der Waals surface area contributed by atoms with E-state index in [0.29, 0.717) is 29.6 Å². The van der Waals surface area contributed by atoms with E-state index in [2.05, 4.69) is 18.9 Å². The molecule has 0 aliphatic heterocycles. The van der Waals surface area contributed by atoms with Gasteiger partial charge in [-0.25, -0.2) is 0 Å². The molecule has 4 nitrogen and oxygen atoms in total. The Morgan fingerprint density at radius 1 is 1.07 bits per heavy atom. The quantitative estimate of drug-likeness (QED) is 0.791. The number of rotatable bonds is 3. The Hall–Kier alpha value is -1.16. The Labute approximate surface area is 175 Å². The SMILES string of the molecule is C[C@]12CC[C@@H](O)C[C@@H]1CC[C@@H]1[C@@H]2CC[C@]2(C)[C@@H](C(=O)Cn3cccn3)CCC[C@@H]12. The smallest absolute Gasteiger partial charge is 0.157 e. The second-order valence-electron chi connectivity index (χ2n) is 11.3. The van der Waals surface area contributed by atoms with Gasteiger partial charge in [0.15, 0.2) is 5.78 Å². The van der Waals surface area contributed by atoms with Crippen LogP contribution in [0, 0.1) is 40.4 Å². The number of aliphatic hydroxyl groups is 1. The zero-order chi connectivity index (χ0) is 20.2. The molecule has 0 amide bonds. The Morgan fingerprint density at radius 3 is 2.66 bits per heavy atom. The first-order valence-electron chi connectivity index (χ1n) is 12.1. The highest BCUT2D eigenvalue weighted by atomic mass is 16.3. The molecule has 4 saturated carbocycles. The maximum absolute atomic E-state index is 13.3. The molecule has 0 radical (unpaired) electrons. The van der Waals surface area contributed by atoms with Gasteiger partial charge in [-0.15, -0.1) is 0 Å². The Morgan fingerprint density at radius 2 is 1.86 bits per heavy atom. The highest BCUT2D eigenvalue weighted by Gasteiger charge is 2.59. The normalized spacial score (nSPS) is 47.0. The molecular formula is C25H38N2O2. The van der Waals surface area contributed by atoms with Gasteiger partial charge >= 0.3 is 0 Å². The third-order valence-electron chi connectivity index (χ3n) is 10.1. The highest BCUT2D eigenvalue weighted by molar-refractivity contribution is 5.81. The van der Waals surface area contributed by atoms with Crippen LogP contribution < -0.4 is 0 Å². The van der Waals surface area contributed by atoms with Crippen LogP contribution in [-0.4, -0.2) is 26.8 Å². The lowest BCUT2D eigenvalue weighted by Crippen LogP contribution is -2.57. The van der Waals surface area contributed by atoms with Crippen molar-refractivity contribution in [3.63, 3.8) is 0 Å². The summed E-state index contributed by atoms with van der Waals surface area (Å²) >= 11 is 0. The molecule has 160 valence electrons. The van der Waals surface area contributed by atoms with Gasteiger partial charge in [0.25, 0.3) is 0 Å². The van der Waals surface area contributed by atoms with Gasteiger partial charge in [-0.2, -0.15) is 5.10 Å². The molecule has 0 bridgehead atoms. The van der Waals surface area contributed by atoms with E-state index in [9.17, 15) is 9.90 Å². The average Bonchev–Trinajstić information content (AvgIpc) is 3.20. The third kappa shape index (κ3) is 3.12. The van der Waals surface area contributed by atoms with Crippen LogP contribution in [0.3, 0.4) is 0 Å². The second-order valence-corrected chi connectivity index (χ2v) is 11.3. The standard InChI is InChI=1S/C25H38N2O2/c1-24-11-9-18(28)15-17(24)7-8-19-20-5-3-6-22(25(20,2)12-10-21(19)24)23(29)16-27-14-4-13-26-27/h4,13-14,17-22,28H,3,5-12,15-16H2,1-2H3/t17-,18+,19-,20-,21-,22+,24-,25-/m0/s1. The van der Waals surface area contributed by atoms with Gasteiger partial charge in [0.1, 0.15) is 0 Å². The highest BCUT2D eigenvalue weighted by Crippen LogP contribution is 2.66. The third-order valence-corrected chi connectivity index (χ3v) is 10.1. The largest absolute Gasteiger partial charge is 0.393 e. The van der Waals surface area contributed by atoms with Gasteiger partial charge in [0, 0.05) is 18.3 Å². The maximum atomic E-state index is 13.3. The van der Waals surface area contributed by atoms with Crippen LogP contribution in [0.4, 0.5) is 0 Å². The monoisotopic (exact) mass is 398 g/mol. The van der Waals surface area contributed by atoms with Crippen LogP contribution in [0.1, 0.15) is 78.1 Å². The van der Waals surface area contributed by atoms with E-state index in [4.69, 9.17) is 0 Å². The van der Waals surface area contributed by atoms with Crippen molar-refractivity contribution in [2.24, 2.45) is 40.4 Å². The van der Waals surface area contributed by atoms with Gasteiger partial charge in [-0.1, -0.05) is 20.3 Å². The van der Waals surface area contributed by atoms with Crippen LogP contribution >= 0.6 is 0 Å². The number of aliphatic hydroxyl groups excluding tert-OH is 1. The molecule has 8 atom stereocenters. The number of aromatic nitrogens is 2. The lowest BCUT2D eigenvalue weighted by atomic mass is 9.41. The maximum Gasteiger partial charge on any atom is 0.157 e. The fraction of sp³-hybridized carbons (Fsp3) is 0.840. The number of carbonyl (C=O) groups excluding carboxylic acids is 1. The number of ketones is 1. The molecule has 1 aromatic rings. The van der Waals surface area contributed by atoms with Crippen molar-refractivity contribution < 1.29 is 9.90 Å². The molecular weight excluding hydrogens is 360 g/mol. The minimum absolute atomic E-state index is 0.0718. The van der Waals surface area contributed by atoms with Gasteiger partial charge in [0.05, 0.1) is 12.6 Å². The number of carbonyl (C=O) groups is 1. The molecule has 1 aromatic heterocycles. The minimum atomic E-state index is -0.0718. The Balaban J connectivity index is 1.38. The predicted octanol–water partition coefficient (Wildman–Crippen LogP) is 4.86. The number of hydrogen-bond acceptors (Lipinski definition) is 3. The van der Waals surface area contributed by atoms with E-state index in [1.165, 1.54) is 44.9 Å². The lowest BCUT2D eigenvalue weighted by Gasteiger charge is -2.63. The van der Waals surface area contributed by atoms with Crippen molar-refractivity contribution in [2.45, 2.75) is 90.7 Å². The number of hydrogen-bond donors (Lipinski definition) is 1. The van der Waals surface area contributed by atoms with E-state index in [0.717, 1.165) is 31.1 Å². The molecule has 1 heterocycles. The zero-order valence-electron chi connectivity index (χ0n) is 18.2. The molecule has 4 aliphatic carbocycles. The first kappa shape index (κ1) is 19.8. The summed E-state index contributed by atoms with van der Waals surface area (Å²) in [6.45, 7) is 5.44. The molecule has 0 aromatic carbocycles. The first-order chi connectivity index (χ1) is 13.9. The van der Waals surface area contributed by atoms with Crippen LogP contribution in [-0.2, 0) is 11.3 Å².